The summed E-state index contributed by atoms with van der Waals surface area (Å²) in [5, 5.41) is 4.53. The zero-order chi connectivity index (χ0) is 13.8. The third kappa shape index (κ3) is 2.75. The Morgan fingerprint density at radius 3 is 2.60 bits per heavy atom. The van der Waals surface area contributed by atoms with Gasteiger partial charge in [0, 0.05) is 18.3 Å². The molecular weight excluding hydrogens is 244 g/mol. The Morgan fingerprint density at radius 2 is 1.80 bits per heavy atom. The molecule has 0 radical (unpaired) electrons. The lowest BCUT2D eigenvalue weighted by Gasteiger charge is -2.07. The topological polar surface area (TPSA) is 17.0 Å². The van der Waals surface area contributed by atoms with E-state index in [0.29, 0.717) is 0 Å². The molecule has 1 heterocycles. The van der Waals surface area contributed by atoms with Crippen LogP contribution in [-0.2, 0) is 13.0 Å². The van der Waals surface area contributed by atoms with Gasteiger partial charge in [-0.05, 0) is 54.7 Å². The third-order valence-corrected chi connectivity index (χ3v) is 3.69. The van der Waals surface area contributed by atoms with E-state index in [-0.39, 0.29) is 0 Å². The molecule has 0 atom stereocenters. The summed E-state index contributed by atoms with van der Waals surface area (Å²) in [4.78, 5) is 0. The molecule has 0 saturated heterocycles. The van der Waals surface area contributed by atoms with Crippen molar-refractivity contribution >= 4 is 10.9 Å². The Kier molecular flexibility index (Phi) is 3.84. The molecule has 2 nitrogen and oxygen atoms in total. The highest BCUT2D eigenvalue weighted by atomic mass is 14.9. The highest BCUT2D eigenvalue weighted by Crippen LogP contribution is 2.19. The van der Waals surface area contributed by atoms with Crippen molar-refractivity contribution in [2.45, 2.75) is 13.0 Å². The van der Waals surface area contributed by atoms with E-state index in [1.54, 1.807) is 0 Å². The minimum atomic E-state index is 0.931. The number of likely N-dealkylation sites (N-methyl/N-ethyl adjacent to an activating group) is 1. The van der Waals surface area contributed by atoms with Crippen LogP contribution in [0.4, 0.5) is 0 Å². The van der Waals surface area contributed by atoms with E-state index in [1.165, 1.54) is 22.0 Å². The second kappa shape index (κ2) is 5.93. The lowest BCUT2D eigenvalue weighted by molar-refractivity contribution is 0.792. The van der Waals surface area contributed by atoms with Gasteiger partial charge >= 0.3 is 0 Å². The predicted octanol–water partition coefficient (Wildman–Crippen LogP) is 3.45. The summed E-state index contributed by atoms with van der Waals surface area (Å²) in [7, 11) is 1.99. The summed E-state index contributed by atoms with van der Waals surface area (Å²) >= 11 is 0. The van der Waals surface area contributed by atoms with Gasteiger partial charge in [-0.25, -0.2) is 0 Å². The van der Waals surface area contributed by atoms with Crippen molar-refractivity contribution in [2.24, 2.45) is 0 Å². The highest BCUT2D eigenvalue weighted by molar-refractivity contribution is 5.81. The van der Waals surface area contributed by atoms with Crippen LogP contribution in [0.5, 0.6) is 0 Å². The standard InChI is InChI=1S/C18H20N2/c1-19-11-9-15-7-8-18-17(13-15)10-12-20(18)14-16-5-3-2-4-6-16/h2-8,10,12-13,19H,9,11,14H2,1H3. The molecule has 0 aliphatic heterocycles. The van der Waals surface area contributed by atoms with Gasteiger partial charge in [-0.3, -0.25) is 0 Å². The first-order valence-corrected chi connectivity index (χ1v) is 7.13. The zero-order valence-corrected chi connectivity index (χ0v) is 11.8. The van der Waals surface area contributed by atoms with Gasteiger partial charge in [0.2, 0.25) is 0 Å². The summed E-state index contributed by atoms with van der Waals surface area (Å²) in [5.41, 5.74) is 4.04. The summed E-state index contributed by atoms with van der Waals surface area (Å²) in [6.07, 6.45) is 3.26. The fourth-order valence-corrected chi connectivity index (χ4v) is 2.59. The van der Waals surface area contributed by atoms with Gasteiger partial charge in [0.1, 0.15) is 0 Å². The van der Waals surface area contributed by atoms with Gasteiger partial charge in [-0.2, -0.15) is 0 Å². The summed E-state index contributed by atoms with van der Waals surface area (Å²) < 4.78 is 2.31. The van der Waals surface area contributed by atoms with Gasteiger partial charge in [-0.1, -0.05) is 36.4 Å². The van der Waals surface area contributed by atoms with Crippen molar-refractivity contribution < 1.29 is 0 Å². The Hall–Kier alpha value is -2.06. The number of nitrogens with one attached hydrogen (secondary N) is 1. The molecule has 0 aliphatic carbocycles. The molecule has 20 heavy (non-hydrogen) atoms. The van der Waals surface area contributed by atoms with Crippen LogP contribution in [0.3, 0.4) is 0 Å². The molecule has 1 aromatic heterocycles. The smallest absolute Gasteiger partial charge is 0.0483 e. The van der Waals surface area contributed by atoms with Crippen LogP contribution in [0.1, 0.15) is 11.1 Å². The highest BCUT2D eigenvalue weighted by Gasteiger charge is 2.03. The van der Waals surface area contributed by atoms with Crippen molar-refractivity contribution in [1.82, 2.24) is 9.88 Å². The molecule has 0 spiro atoms. The zero-order valence-electron chi connectivity index (χ0n) is 11.8. The maximum Gasteiger partial charge on any atom is 0.0483 e. The molecule has 0 aliphatic rings. The molecule has 3 rings (SSSR count). The third-order valence-electron chi connectivity index (χ3n) is 3.69. The predicted molar refractivity (Wildman–Crippen MR) is 85.1 cm³/mol. The maximum atomic E-state index is 3.20. The van der Waals surface area contributed by atoms with Crippen molar-refractivity contribution in [1.29, 1.82) is 0 Å². The minimum absolute atomic E-state index is 0.931. The van der Waals surface area contributed by atoms with Gasteiger partial charge in [0.25, 0.3) is 0 Å². The monoisotopic (exact) mass is 264 g/mol. The first-order valence-electron chi connectivity index (χ1n) is 7.13. The van der Waals surface area contributed by atoms with Crippen LogP contribution in [0, 0.1) is 0 Å². The first kappa shape index (κ1) is 12.9. The van der Waals surface area contributed by atoms with Crippen molar-refractivity contribution in [2.75, 3.05) is 13.6 Å². The number of aromatic nitrogens is 1. The van der Waals surface area contributed by atoms with Crippen LogP contribution in [-0.4, -0.2) is 18.2 Å². The van der Waals surface area contributed by atoms with Crippen LogP contribution in [0.25, 0.3) is 10.9 Å². The van der Waals surface area contributed by atoms with Crippen molar-refractivity contribution in [3.8, 4) is 0 Å². The summed E-state index contributed by atoms with van der Waals surface area (Å²) in [6, 6.07) is 19.6. The number of nitrogens with zero attached hydrogens (tertiary/aromatic N) is 1. The van der Waals surface area contributed by atoms with E-state index in [9.17, 15) is 0 Å². The molecule has 0 fully saturated rings. The average Bonchev–Trinajstić information content (AvgIpc) is 2.89. The van der Waals surface area contributed by atoms with Gasteiger partial charge in [0.15, 0.2) is 0 Å². The number of hydrogen-bond acceptors (Lipinski definition) is 1. The fraction of sp³-hybridized carbons (Fsp3) is 0.222. The van der Waals surface area contributed by atoms with Crippen molar-refractivity contribution in [3.05, 3.63) is 71.9 Å². The molecule has 0 unspecified atom stereocenters. The second-order valence-corrected chi connectivity index (χ2v) is 5.18. The lowest BCUT2D eigenvalue weighted by Crippen LogP contribution is -2.10. The number of hydrogen-bond donors (Lipinski definition) is 1. The largest absolute Gasteiger partial charge is 0.343 e. The van der Waals surface area contributed by atoms with Crippen molar-refractivity contribution in [3.63, 3.8) is 0 Å². The van der Waals surface area contributed by atoms with E-state index in [1.807, 2.05) is 7.05 Å². The van der Waals surface area contributed by atoms with E-state index in [4.69, 9.17) is 0 Å². The number of benzene rings is 2. The molecule has 3 aromatic rings. The molecule has 2 heteroatoms. The molecule has 0 saturated carbocycles. The Bertz CT molecular complexity index is 683. The van der Waals surface area contributed by atoms with E-state index < -0.39 is 0 Å². The van der Waals surface area contributed by atoms with Gasteiger partial charge < -0.3 is 9.88 Å². The summed E-state index contributed by atoms with van der Waals surface area (Å²) in [5.74, 6) is 0. The summed E-state index contributed by atoms with van der Waals surface area (Å²) in [6.45, 7) is 1.95. The molecular formula is C18H20N2. The molecule has 0 amide bonds. The average molecular weight is 264 g/mol. The van der Waals surface area contributed by atoms with Crippen LogP contribution in [0.15, 0.2) is 60.8 Å². The second-order valence-electron chi connectivity index (χ2n) is 5.18. The quantitative estimate of drug-likeness (QED) is 0.747. The Labute approximate surface area is 120 Å². The molecule has 2 aromatic carbocycles. The van der Waals surface area contributed by atoms with Gasteiger partial charge in [-0.15, -0.1) is 0 Å². The Morgan fingerprint density at radius 1 is 0.950 bits per heavy atom. The maximum absolute atomic E-state index is 3.20. The molecule has 0 bridgehead atoms. The van der Waals surface area contributed by atoms with Gasteiger partial charge in [0.05, 0.1) is 0 Å². The lowest BCUT2D eigenvalue weighted by atomic mass is 10.1. The molecule has 1 N–H and O–H groups in total. The van der Waals surface area contributed by atoms with Crippen LogP contribution in [0.2, 0.25) is 0 Å². The van der Waals surface area contributed by atoms with E-state index in [0.717, 1.165) is 19.5 Å². The van der Waals surface area contributed by atoms with Crippen LogP contribution < -0.4 is 5.32 Å². The SMILES string of the molecule is CNCCc1ccc2c(ccn2Cc2ccccc2)c1. The van der Waals surface area contributed by atoms with Crippen LogP contribution >= 0.6 is 0 Å². The number of fused-ring (bicyclic) bond motifs is 1. The van der Waals surface area contributed by atoms with E-state index >= 15 is 0 Å². The minimum Gasteiger partial charge on any atom is -0.343 e. The normalized spacial score (nSPS) is 11.1. The number of rotatable bonds is 5. The van der Waals surface area contributed by atoms with E-state index in [2.05, 4.69) is 70.7 Å². The first-order chi connectivity index (χ1) is 9.86. The fourth-order valence-electron chi connectivity index (χ4n) is 2.59. The Balaban J connectivity index is 1.86. The molecule has 102 valence electrons.